The highest BCUT2D eigenvalue weighted by Gasteiger charge is 2.56. The third-order valence-corrected chi connectivity index (χ3v) is 5.36. The smallest absolute Gasteiger partial charge is 0.122 e. The SMILES string of the molecule is Cc1ncnc(C)c1-c1ccc2c(c1)C1[C@H](CO2)[C@H]1c1cnc[nH]1. The van der Waals surface area contributed by atoms with Crippen molar-refractivity contribution in [3.05, 3.63) is 59.7 Å². The van der Waals surface area contributed by atoms with E-state index in [1.165, 1.54) is 16.8 Å². The lowest BCUT2D eigenvalue weighted by atomic mass is 9.96. The molecule has 0 bridgehead atoms. The minimum Gasteiger partial charge on any atom is -0.493 e. The Morgan fingerprint density at radius 2 is 1.96 bits per heavy atom. The molecule has 5 rings (SSSR count). The van der Waals surface area contributed by atoms with Crippen LogP contribution in [0.15, 0.2) is 37.1 Å². The summed E-state index contributed by atoms with van der Waals surface area (Å²) in [6.45, 7) is 4.85. The molecule has 2 aliphatic rings. The second-order valence-electron chi connectivity index (χ2n) is 6.71. The molecule has 1 unspecified atom stereocenters. The Labute approximate surface area is 140 Å². The van der Waals surface area contributed by atoms with E-state index in [4.69, 9.17) is 4.74 Å². The van der Waals surface area contributed by atoms with Crippen LogP contribution in [0.25, 0.3) is 11.1 Å². The average Bonchev–Trinajstić information content (AvgIpc) is 3.07. The molecule has 1 fully saturated rings. The van der Waals surface area contributed by atoms with Gasteiger partial charge in [-0.15, -0.1) is 0 Å². The number of H-pyrrole nitrogens is 1. The normalized spacial score (nSPS) is 24.0. The molecule has 0 radical (unpaired) electrons. The summed E-state index contributed by atoms with van der Waals surface area (Å²) in [6.07, 6.45) is 5.32. The van der Waals surface area contributed by atoms with Crippen LogP contribution in [-0.4, -0.2) is 26.5 Å². The quantitative estimate of drug-likeness (QED) is 0.787. The number of nitrogens with zero attached hydrogens (tertiary/aromatic N) is 3. The number of aryl methyl sites for hydroxylation is 2. The molecule has 3 atom stereocenters. The van der Waals surface area contributed by atoms with Gasteiger partial charge in [-0.05, 0) is 37.1 Å². The van der Waals surface area contributed by atoms with E-state index in [1.807, 2.05) is 20.0 Å². The topological polar surface area (TPSA) is 63.7 Å². The number of hydrogen-bond donors (Lipinski definition) is 1. The lowest BCUT2D eigenvalue weighted by molar-refractivity contribution is 0.277. The molecule has 0 amide bonds. The first kappa shape index (κ1) is 13.7. The Balaban J connectivity index is 1.59. The zero-order valence-corrected chi connectivity index (χ0v) is 13.7. The summed E-state index contributed by atoms with van der Waals surface area (Å²) >= 11 is 0. The van der Waals surface area contributed by atoms with E-state index in [9.17, 15) is 0 Å². The largest absolute Gasteiger partial charge is 0.493 e. The van der Waals surface area contributed by atoms with E-state index < -0.39 is 0 Å². The zero-order chi connectivity index (χ0) is 16.3. The van der Waals surface area contributed by atoms with Crippen molar-refractivity contribution in [2.24, 2.45) is 5.92 Å². The molecule has 5 heteroatoms. The van der Waals surface area contributed by atoms with Crippen LogP contribution in [0, 0.1) is 19.8 Å². The van der Waals surface area contributed by atoms with Gasteiger partial charge in [0.1, 0.15) is 12.1 Å². The average molecular weight is 318 g/mol. The van der Waals surface area contributed by atoms with Gasteiger partial charge < -0.3 is 9.72 Å². The van der Waals surface area contributed by atoms with Crippen LogP contribution in [-0.2, 0) is 0 Å². The van der Waals surface area contributed by atoms with Crippen LogP contribution in [0.4, 0.5) is 0 Å². The van der Waals surface area contributed by atoms with Gasteiger partial charge in [-0.2, -0.15) is 0 Å². The van der Waals surface area contributed by atoms with E-state index in [1.54, 1.807) is 12.7 Å². The van der Waals surface area contributed by atoms with Crippen molar-refractivity contribution in [1.29, 1.82) is 0 Å². The summed E-state index contributed by atoms with van der Waals surface area (Å²) in [4.78, 5) is 16.2. The second-order valence-corrected chi connectivity index (χ2v) is 6.71. The van der Waals surface area contributed by atoms with Gasteiger partial charge in [0.25, 0.3) is 0 Å². The number of aromatic nitrogens is 4. The molecule has 1 aliphatic carbocycles. The highest BCUT2D eigenvalue weighted by Crippen LogP contribution is 2.64. The Morgan fingerprint density at radius 1 is 1.12 bits per heavy atom. The number of fused-ring (bicyclic) bond motifs is 3. The molecule has 3 heterocycles. The molecule has 1 aliphatic heterocycles. The summed E-state index contributed by atoms with van der Waals surface area (Å²) in [5.74, 6) is 2.55. The summed E-state index contributed by atoms with van der Waals surface area (Å²) < 4.78 is 5.99. The number of imidazole rings is 1. The van der Waals surface area contributed by atoms with Crippen molar-refractivity contribution in [2.45, 2.75) is 25.7 Å². The molecule has 5 nitrogen and oxygen atoms in total. The van der Waals surface area contributed by atoms with Gasteiger partial charge >= 0.3 is 0 Å². The Bertz CT molecular complexity index is 899. The first-order valence-electron chi connectivity index (χ1n) is 8.27. The Morgan fingerprint density at radius 3 is 2.71 bits per heavy atom. The predicted octanol–water partition coefficient (Wildman–Crippen LogP) is 3.37. The van der Waals surface area contributed by atoms with Gasteiger partial charge in [-0.1, -0.05) is 6.07 Å². The van der Waals surface area contributed by atoms with Crippen molar-refractivity contribution in [3.63, 3.8) is 0 Å². The number of hydrogen-bond acceptors (Lipinski definition) is 4. The summed E-state index contributed by atoms with van der Waals surface area (Å²) in [6, 6.07) is 6.47. The molecular formula is C19H18N4O. The van der Waals surface area contributed by atoms with Crippen molar-refractivity contribution in [2.75, 3.05) is 6.61 Å². The van der Waals surface area contributed by atoms with Crippen molar-refractivity contribution < 1.29 is 4.74 Å². The maximum absolute atomic E-state index is 5.99. The molecule has 0 spiro atoms. The molecule has 2 aromatic heterocycles. The minimum absolute atomic E-state index is 0.484. The summed E-state index contributed by atoms with van der Waals surface area (Å²) in [5, 5.41) is 0. The van der Waals surface area contributed by atoms with Gasteiger partial charge in [-0.25, -0.2) is 15.0 Å². The van der Waals surface area contributed by atoms with Gasteiger partial charge in [0.2, 0.25) is 0 Å². The highest BCUT2D eigenvalue weighted by molar-refractivity contribution is 5.70. The first-order valence-corrected chi connectivity index (χ1v) is 8.27. The Kier molecular flexibility index (Phi) is 2.80. The Hall–Kier alpha value is -2.69. The third kappa shape index (κ3) is 1.90. The van der Waals surface area contributed by atoms with E-state index >= 15 is 0 Å². The number of benzene rings is 1. The van der Waals surface area contributed by atoms with Crippen LogP contribution in [0.2, 0.25) is 0 Å². The van der Waals surface area contributed by atoms with Crippen LogP contribution in [0.3, 0.4) is 0 Å². The van der Waals surface area contributed by atoms with Crippen molar-refractivity contribution in [1.82, 2.24) is 19.9 Å². The molecule has 120 valence electrons. The van der Waals surface area contributed by atoms with E-state index in [0.717, 1.165) is 29.3 Å². The molecule has 1 aromatic carbocycles. The standard InChI is InChI=1S/C19H18N4O/c1-10-17(11(2)22-9-21-10)12-3-4-16-13(5-12)18-14(7-24-16)19(18)15-6-20-8-23-15/h3-6,8-9,14,18-19H,7H2,1-2H3,(H,20,23)/t14-,18?,19-/m0/s1. The maximum atomic E-state index is 5.99. The summed E-state index contributed by atoms with van der Waals surface area (Å²) in [7, 11) is 0. The van der Waals surface area contributed by atoms with E-state index in [0.29, 0.717) is 17.8 Å². The second kappa shape index (κ2) is 4.90. The van der Waals surface area contributed by atoms with Gasteiger partial charge in [-0.3, -0.25) is 0 Å². The van der Waals surface area contributed by atoms with Crippen LogP contribution in [0.5, 0.6) is 5.75 Å². The van der Waals surface area contributed by atoms with Crippen molar-refractivity contribution >= 4 is 0 Å². The van der Waals surface area contributed by atoms with E-state index in [2.05, 4.69) is 38.1 Å². The van der Waals surface area contributed by atoms with Crippen LogP contribution >= 0.6 is 0 Å². The lowest BCUT2D eigenvalue weighted by Gasteiger charge is -2.18. The fourth-order valence-electron chi connectivity index (χ4n) is 4.17. The maximum Gasteiger partial charge on any atom is 0.122 e. The highest BCUT2D eigenvalue weighted by atomic mass is 16.5. The fraction of sp³-hybridized carbons (Fsp3) is 0.316. The van der Waals surface area contributed by atoms with E-state index in [-0.39, 0.29) is 0 Å². The van der Waals surface area contributed by atoms with Crippen molar-refractivity contribution in [3.8, 4) is 16.9 Å². The zero-order valence-electron chi connectivity index (χ0n) is 13.7. The van der Waals surface area contributed by atoms with Crippen LogP contribution in [0.1, 0.15) is 34.5 Å². The number of nitrogens with one attached hydrogen (secondary N) is 1. The molecule has 3 aromatic rings. The van der Waals surface area contributed by atoms with Crippen LogP contribution < -0.4 is 4.74 Å². The third-order valence-electron chi connectivity index (χ3n) is 5.36. The first-order chi connectivity index (χ1) is 11.7. The molecular weight excluding hydrogens is 300 g/mol. The molecule has 0 saturated heterocycles. The predicted molar refractivity (Wildman–Crippen MR) is 90.0 cm³/mol. The summed E-state index contributed by atoms with van der Waals surface area (Å²) in [5.41, 5.74) is 6.83. The monoisotopic (exact) mass is 318 g/mol. The molecule has 1 N–H and O–H groups in total. The molecule has 1 saturated carbocycles. The molecule has 24 heavy (non-hydrogen) atoms. The number of rotatable bonds is 2. The number of ether oxygens (including phenoxy) is 1. The van der Waals surface area contributed by atoms with Gasteiger partial charge in [0, 0.05) is 46.6 Å². The fourth-order valence-corrected chi connectivity index (χ4v) is 4.17. The minimum atomic E-state index is 0.484. The number of aromatic amines is 1. The van der Waals surface area contributed by atoms with Gasteiger partial charge in [0.15, 0.2) is 0 Å². The van der Waals surface area contributed by atoms with Gasteiger partial charge in [0.05, 0.1) is 12.9 Å². The lowest BCUT2D eigenvalue weighted by Crippen LogP contribution is -2.08.